The highest BCUT2D eigenvalue weighted by Gasteiger charge is 2.47. The van der Waals surface area contributed by atoms with E-state index in [0.29, 0.717) is 50.6 Å². The number of likely N-dealkylation sites (tertiary alicyclic amines) is 1. The number of carbonyl (C=O) groups excluding carboxylic acids is 2. The van der Waals surface area contributed by atoms with Gasteiger partial charge in [-0.3, -0.25) is 9.59 Å². The molecule has 0 N–H and O–H groups in total. The third kappa shape index (κ3) is 5.47. The van der Waals surface area contributed by atoms with Crippen LogP contribution in [-0.4, -0.2) is 90.5 Å². The second kappa shape index (κ2) is 12.0. The van der Waals surface area contributed by atoms with Crippen LogP contribution >= 0.6 is 0 Å². The normalized spacial score (nSPS) is 25.2. The van der Waals surface area contributed by atoms with Gasteiger partial charge in [0.25, 0.3) is 0 Å². The smallest absolute Gasteiger partial charge is 0.319 e. The summed E-state index contributed by atoms with van der Waals surface area (Å²) in [7, 11) is 3.78. The number of Topliss-reactive ketones (excluding diaryl/α,β-unsaturated/α-hetero) is 1. The maximum atomic E-state index is 14.5. The lowest BCUT2D eigenvalue weighted by Crippen LogP contribution is -2.55. The van der Waals surface area contributed by atoms with Crippen LogP contribution in [0.1, 0.15) is 59.3 Å². The maximum Gasteiger partial charge on any atom is 0.319 e. The number of fused-ring (bicyclic) bond motifs is 2. The van der Waals surface area contributed by atoms with E-state index in [1.165, 1.54) is 17.2 Å². The van der Waals surface area contributed by atoms with Crippen LogP contribution in [0.3, 0.4) is 0 Å². The van der Waals surface area contributed by atoms with Crippen molar-refractivity contribution < 1.29 is 19.1 Å². The predicted molar refractivity (Wildman–Crippen MR) is 161 cm³/mol. The molecule has 1 aromatic heterocycles. The predicted octanol–water partition coefficient (Wildman–Crippen LogP) is 3.38. The molecule has 10 nitrogen and oxygen atoms in total. The molecule has 3 atom stereocenters. The molecule has 2 aromatic rings. The van der Waals surface area contributed by atoms with Gasteiger partial charge in [0, 0.05) is 36.7 Å². The van der Waals surface area contributed by atoms with Crippen LogP contribution in [0.15, 0.2) is 30.9 Å². The van der Waals surface area contributed by atoms with Gasteiger partial charge >= 0.3 is 6.01 Å². The van der Waals surface area contributed by atoms with E-state index in [1.807, 2.05) is 6.07 Å². The van der Waals surface area contributed by atoms with Crippen LogP contribution in [0, 0.1) is 16.7 Å². The largest absolute Gasteiger partial charge is 0.497 e. The Labute approximate surface area is 253 Å². The Morgan fingerprint density at radius 1 is 1.19 bits per heavy atom. The van der Waals surface area contributed by atoms with E-state index in [2.05, 4.69) is 41.6 Å². The number of benzene rings is 1. The van der Waals surface area contributed by atoms with Crippen molar-refractivity contribution in [3.05, 3.63) is 53.2 Å². The lowest BCUT2D eigenvalue weighted by atomic mass is 9.63. The molecule has 10 heteroatoms. The number of nitrogens with zero attached hydrogens (tertiary/aromatic N) is 6. The second-order valence-corrected chi connectivity index (χ2v) is 12.4. The first-order chi connectivity index (χ1) is 20.9. The third-order valence-corrected chi connectivity index (χ3v) is 9.97. The van der Waals surface area contributed by atoms with Crippen molar-refractivity contribution in [3.63, 3.8) is 0 Å². The first-order valence-corrected chi connectivity index (χ1v) is 15.4. The van der Waals surface area contributed by atoms with E-state index in [9.17, 15) is 14.9 Å². The molecule has 43 heavy (non-hydrogen) atoms. The number of nitriles is 1. The standard InChI is InChI=1S/C33H40N6O4/c1-4-28(40)39-17-16-38(20-24(39)11-14-34)31-27-10-13-33(12-9-22-18-26(42-3)8-7-23(22)19-33)30(41)29(27)35-32(36-31)43-21-25-6-5-15-37(25)2/h4,7-8,18,24-25H,1,5-6,9-13,15-17,19-21H2,2-3H3. The van der Waals surface area contributed by atoms with Gasteiger partial charge in [-0.1, -0.05) is 12.6 Å². The summed E-state index contributed by atoms with van der Waals surface area (Å²) in [6.45, 7) is 6.54. The number of likely N-dealkylation sites (N-methyl/N-ethyl adjacent to an activating group) is 1. The molecule has 0 bridgehead atoms. The van der Waals surface area contributed by atoms with E-state index in [-0.39, 0.29) is 36.2 Å². The number of methoxy groups -OCH3 is 1. The van der Waals surface area contributed by atoms with Crippen molar-refractivity contribution in [1.29, 1.82) is 5.26 Å². The van der Waals surface area contributed by atoms with Crippen LogP contribution in [-0.2, 0) is 24.1 Å². The zero-order valence-electron chi connectivity index (χ0n) is 25.2. The molecule has 226 valence electrons. The Balaban J connectivity index is 1.34. The number of aromatic nitrogens is 2. The summed E-state index contributed by atoms with van der Waals surface area (Å²) in [5.74, 6) is 1.42. The average molecular weight is 585 g/mol. The lowest BCUT2D eigenvalue weighted by molar-refractivity contribution is -0.128. The number of carbonyl (C=O) groups is 2. The number of amides is 1. The number of anilines is 1. The lowest BCUT2D eigenvalue weighted by Gasteiger charge is -2.43. The summed E-state index contributed by atoms with van der Waals surface area (Å²) in [6.07, 6.45) is 7.35. The number of hydrogen-bond acceptors (Lipinski definition) is 9. The highest BCUT2D eigenvalue weighted by molar-refractivity contribution is 6.02. The molecular formula is C33H40N6O4. The van der Waals surface area contributed by atoms with Gasteiger partial charge in [0.1, 0.15) is 23.9 Å². The average Bonchev–Trinajstić information content (AvgIpc) is 3.45. The summed E-state index contributed by atoms with van der Waals surface area (Å²) in [4.78, 5) is 42.8. The summed E-state index contributed by atoms with van der Waals surface area (Å²) in [5.41, 5.74) is 3.24. The quantitative estimate of drug-likeness (QED) is 0.452. The number of hydrogen-bond donors (Lipinski definition) is 0. The molecule has 3 unspecified atom stereocenters. The zero-order valence-corrected chi connectivity index (χ0v) is 25.2. The van der Waals surface area contributed by atoms with E-state index >= 15 is 0 Å². The second-order valence-electron chi connectivity index (χ2n) is 12.4. The number of ether oxygens (including phenoxy) is 2. The highest BCUT2D eigenvalue weighted by Crippen LogP contribution is 2.47. The first-order valence-electron chi connectivity index (χ1n) is 15.4. The molecule has 2 saturated heterocycles. The van der Waals surface area contributed by atoms with Gasteiger partial charge in [0.05, 0.1) is 25.6 Å². The Morgan fingerprint density at radius 3 is 2.77 bits per heavy atom. The maximum absolute atomic E-state index is 14.5. The third-order valence-electron chi connectivity index (χ3n) is 9.97. The van der Waals surface area contributed by atoms with Gasteiger partial charge in [-0.25, -0.2) is 0 Å². The highest BCUT2D eigenvalue weighted by atomic mass is 16.5. The number of piperazine rings is 1. The number of aryl methyl sites for hydroxylation is 1. The van der Waals surface area contributed by atoms with Crippen molar-refractivity contribution >= 4 is 17.5 Å². The van der Waals surface area contributed by atoms with Gasteiger partial charge in [-0.05, 0) is 87.9 Å². The van der Waals surface area contributed by atoms with Crippen molar-refractivity contribution in [2.24, 2.45) is 5.41 Å². The molecule has 1 amide bonds. The summed E-state index contributed by atoms with van der Waals surface area (Å²) >= 11 is 0. The van der Waals surface area contributed by atoms with E-state index in [0.717, 1.165) is 50.0 Å². The van der Waals surface area contributed by atoms with E-state index in [1.54, 1.807) is 12.0 Å². The topological polar surface area (TPSA) is 112 Å². The van der Waals surface area contributed by atoms with Crippen LogP contribution in [0.2, 0.25) is 0 Å². The van der Waals surface area contributed by atoms with Crippen molar-refractivity contribution in [3.8, 4) is 17.8 Å². The fraction of sp³-hybridized carbons (Fsp3) is 0.545. The minimum Gasteiger partial charge on any atom is -0.497 e. The first kappa shape index (κ1) is 29.1. The Morgan fingerprint density at radius 2 is 2.02 bits per heavy atom. The minimum absolute atomic E-state index is 0.0655. The van der Waals surface area contributed by atoms with Gasteiger partial charge in [-0.2, -0.15) is 15.2 Å². The molecule has 0 radical (unpaired) electrons. The van der Waals surface area contributed by atoms with Crippen LogP contribution < -0.4 is 14.4 Å². The molecule has 1 spiro atoms. The summed E-state index contributed by atoms with van der Waals surface area (Å²) in [6, 6.07) is 8.59. The van der Waals surface area contributed by atoms with Crippen molar-refractivity contribution in [2.75, 3.05) is 51.8 Å². The minimum atomic E-state index is -0.512. The molecule has 4 aliphatic rings. The van der Waals surface area contributed by atoms with Gasteiger partial charge in [0.15, 0.2) is 5.78 Å². The summed E-state index contributed by atoms with van der Waals surface area (Å²) in [5, 5.41) is 9.52. The number of rotatable bonds is 7. The van der Waals surface area contributed by atoms with Gasteiger partial charge < -0.3 is 24.2 Å². The Bertz CT molecular complexity index is 1470. The molecular weight excluding hydrogens is 544 g/mol. The SMILES string of the molecule is C=CC(=O)N1CCN(c2nc(OCC3CCCN3C)nc3c2CCC2(CCc4cc(OC)ccc4C2)C3=O)CC1CC#N. The van der Waals surface area contributed by atoms with Gasteiger partial charge in [0.2, 0.25) is 5.91 Å². The molecule has 1 aromatic carbocycles. The molecule has 2 fully saturated rings. The molecule has 2 aliphatic heterocycles. The van der Waals surface area contributed by atoms with E-state index in [4.69, 9.17) is 19.4 Å². The molecule has 0 saturated carbocycles. The fourth-order valence-electron chi connectivity index (χ4n) is 7.39. The number of ketones is 1. The summed E-state index contributed by atoms with van der Waals surface area (Å²) < 4.78 is 11.7. The Hall–Kier alpha value is -3.97. The zero-order chi connectivity index (χ0) is 30.1. The van der Waals surface area contributed by atoms with Crippen molar-refractivity contribution in [2.45, 2.75) is 63.5 Å². The monoisotopic (exact) mass is 584 g/mol. The molecule has 6 rings (SSSR count). The van der Waals surface area contributed by atoms with Gasteiger partial charge in [-0.15, -0.1) is 0 Å². The Kier molecular flexibility index (Phi) is 8.10. The van der Waals surface area contributed by atoms with Crippen LogP contribution in [0.25, 0.3) is 0 Å². The molecule has 3 heterocycles. The van der Waals surface area contributed by atoms with Crippen LogP contribution in [0.5, 0.6) is 11.8 Å². The molecule has 2 aliphatic carbocycles. The van der Waals surface area contributed by atoms with E-state index < -0.39 is 5.41 Å². The van der Waals surface area contributed by atoms with Crippen molar-refractivity contribution in [1.82, 2.24) is 19.8 Å². The fourth-order valence-corrected chi connectivity index (χ4v) is 7.39. The van der Waals surface area contributed by atoms with Crippen LogP contribution in [0.4, 0.5) is 5.82 Å².